The predicted octanol–water partition coefficient (Wildman–Crippen LogP) is 5.02. The van der Waals surface area contributed by atoms with Gasteiger partial charge in [-0.15, -0.1) is 11.3 Å². The van der Waals surface area contributed by atoms with Crippen LogP contribution >= 0.6 is 11.3 Å². The molecule has 0 saturated heterocycles. The van der Waals surface area contributed by atoms with E-state index in [1.165, 1.54) is 21.5 Å². The maximum Gasteiger partial charge on any atom is 0.123 e. The molecule has 3 rings (SSSR count). The third kappa shape index (κ3) is 4.92. The van der Waals surface area contributed by atoms with Crippen LogP contribution in [0.2, 0.25) is 0 Å². The molecule has 2 heterocycles. The Morgan fingerprint density at radius 3 is 2.88 bits per heavy atom. The standard InChI is InChI=1S/C21H28FN3S/c1-15(2)10-20-12-18-13-23-14-25(21(18)26-20)9-5-8-24-16(3)17-6-4-7-19(22)11-17/h4,6-7,11-13,15-16,24H,5,8-10,14H2,1-3H3. The van der Waals surface area contributed by atoms with Crippen molar-refractivity contribution in [2.45, 2.75) is 39.7 Å². The van der Waals surface area contributed by atoms with Crippen LogP contribution in [0.5, 0.6) is 0 Å². The number of rotatable bonds is 8. The van der Waals surface area contributed by atoms with Gasteiger partial charge < -0.3 is 10.2 Å². The number of anilines is 1. The van der Waals surface area contributed by atoms with Crippen LogP contribution < -0.4 is 10.2 Å². The van der Waals surface area contributed by atoms with E-state index in [1.54, 1.807) is 12.1 Å². The lowest BCUT2D eigenvalue weighted by atomic mass is 10.1. The van der Waals surface area contributed by atoms with Gasteiger partial charge in [-0.05, 0) is 56.0 Å². The average Bonchev–Trinajstić information content (AvgIpc) is 3.00. The Hall–Kier alpha value is -1.72. The molecule has 0 saturated carbocycles. The highest BCUT2D eigenvalue weighted by Crippen LogP contribution is 2.34. The van der Waals surface area contributed by atoms with Crippen molar-refractivity contribution in [2.75, 3.05) is 24.7 Å². The molecule has 2 aromatic rings. The van der Waals surface area contributed by atoms with Gasteiger partial charge in [0.25, 0.3) is 0 Å². The SMILES string of the molecule is CC(C)Cc1cc2c(s1)N(CCCNC(C)c1cccc(F)c1)CN=C2. The summed E-state index contributed by atoms with van der Waals surface area (Å²) in [5.41, 5.74) is 2.25. The second-order valence-corrected chi connectivity index (χ2v) is 8.49. The van der Waals surface area contributed by atoms with E-state index in [1.807, 2.05) is 23.6 Å². The summed E-state index contributed by atoms with van der Waals surface area (Å²) in [7, 11) is 0. The zero-order valence-electron chi connectivity index (χ0n) is 15.8. The molecular weight excluding hydrogens is 345 g/mol. The van der Waals surface area contributed by atoms with Crippen LogP contribution in [0.3, 0.4) is 0 Å². The fraction of sp³-hybridized carbons (Fsp3) is 0.476. The van der Waals surface area contributed by atoms with Crippen LogP contribution in [0, 0.1) is 11.7 Å². The number of hydrogen-bond donors (Lipinski definition) is 1. The van der Waals surface area contributed by atoms with Crippen LogP contribution in [-0.2, 0) is 6.42 Å². The summed E-state index contributed by atoms with van der Waals surface area (Å²) in [6, 6.07) is 9.26. The quantitative estimate of drug-likeness (QED) is 0.658. The molecule has 0 aliphatic carbocycles. The van der Waals surface area contributed by atoms with Crippen LogP contribution in [0.15, 0.2) is 35.3 Å². The first-order chi connectivity index (χ1) is 12.5. The van der Waals surface area contributed by atoms with Crippen LogP contribution in [0.1, 0.15) is 49.2 Å². The number of benzene rings is 1. The topological polar surface area (TPSA) is 27.6 Å². The summed E-state index contributed by atoms with van der Waals surface area (Å²) in [6.45, 7) is 9.22. The lowest BCUT2D eigenvalue weighted by Crippen LogP contribution is -2.30. The first-order valence-corrected chi connectivity index (χ1v) is 10.2. The molecular formula is C21H28FN3S. The minimum absolute atomic E-state index is 0.153. The fourth-order valence-electron chi connectivity index (χ4n) is 3.25. The lowest BCUT2D eigenvalue weighted by molar-refractivity contribution is 0.549. The molecule has 1 aromatic heterocycles. The van der Waals surface area contributed by atoms with Crippen molar-refractivity contribution in [3.8, 4) is 0 Å². The smallest absolute Gasteiger partial charge is 0.123 e. The van der Waals surface area contributed by atoms with Crippen molar-refractivity contribution >= 4 is 22.6 Å². The lowest BCUT2D eigenvalue weighted by Gasteiger charge is -2.25. The number of nitrogens with zero attached hydrogens (tertiary/aromatic N) is 2. The second-order valence-electron chi connectivity index (χ2n) is 7.37. The van der Waals surface area contributed by atoms with Crippen molar-refractivity contribution in [3.63, 3.8) is 0 Å². The number of nitrogens with one attached hydrogen (secondary N) is 1. The Morgan fingerprint density at radius 2 is 2.12 bits per heavy atom. The highest BCUT2D eigenvalue weighted by atomic mass is 32.1. The molecule has 0 fully saturated rings. The highest BCUT2D eigenvalue weighted by Gasteiger charge is 2.18. The van der Waals surface area contributed by atoms with E-state index in [0.29, 0.717) is 5.92 Å². The molecule has 1 atom stereocenters. The van der Waals surface area contributed by atoms with Gasteiger partial charge >= 0.3 is 0 Å². The largest absolute Gasteiger partial charge is 0.343 e. The summed E-state index contributed by atoms with van der Waals surface area (Å²) < 4.78 is 13.3. The van der Waals surface area contributed by atoms with Gasteiger partial charge in [-0.1, -0.05) is 26.0 Å². The third-order valence-electron chi connectivity index (χ3n) is 4.57. The van der Waals surface area contributed by atoms with Gasteiger partial charge in [0.15, 0.2) is 0 Å². The third-order valence-corrected chi connectivity index (χ3v) is 5.81. The van der Waals surface area contributed by atoms with Gasteiger partial charge in [-0.25, -0.2) is 4.39 Å². The van der Waals surface area contributed by atoms with Crippen molar-refractivity contribution in [2.24, 2.45) is 10.9 Å². The zero-order chi connectivity index (χ0) is 18.5. The van der Waals surface area contributed by atoms with Gasteiger partial charge in [0.1, 0.15) is 17.5 Å². The van der Waals surface area contributed by atoms with Crippen molar-refractivity contribution in [1.82, 2.24) is 5.32 Å². The molecule has 0 radical (unpaired) electrons. The summed E-state index contributed by atoms with van der Waals surface area (Å²) in [5.74, 6) is 0.499. The minimum Gasteiger partial charge on any atom is -0.343 e. The molecule has 1 N–H and O–H groups in total. The van der Waals surface area contributed by atoms with E-state index in [2.05, 4.69) is 42.0 Å². The molecule has 3 nitrogen and oxygen atoms in total. The number of halogens is 1. The van der Waals surface area contributed by atoms with Gasteiger partial charge in [0, 0.05) is 29.2 Å². The molecule has 5 heteroatoms. The Labute approximate surface area is 160 Å². The van der Waals surface area contributed by atoms with Gasteiger partial charge in [0.2, 0.25) is 0 Å². The predicted molar refractivity (Wildman–Crippen MR) is 110 cm³/mol. The Kier molecular flexibility index (Phi) is 6.43. The molecule has 1 aliphatic rings. The first kappa shape index (κ1) is 19.1. The molecule has 0 bridgehead atoms. The highest BCUT2D eigenvalue weighted by molar-refractivity contribution is 7.16. The number of hydrogen-bond acceptors (Lipinski definition) is 4. The Morgan fingerprint density at radius 1 is 1.27 bits per heavy atom. The van der Waals surface area contributed by atoms with E-state index >= 15 is 0 Å². The number of fused-ring (bicyclic) bond motifs is 1. The summed E-state index contributed by atoms with van der Waals surface area (Å²) in [4.78, 5) is 8.33. The molecule has 140 valence electrons. The van der Waals surface area contributed by atoms with Crippen LogP contribution in [0.4, 0.5) is 9.39 Å². The maximum atomic E-state index is 13.3. The van der Waals surface area contributed by atoms with E-state index in [9.17, 15) is 4.39 Å². The Balaban J connectivity index is 1.50. The summed E-state index contributed by atoms with van der Waals surface area (Å²) in [6.07, 6.45) is 4.18. The molecule has 1 aromatic carbocycles. The van der Waals surface area contributed by atoms with Crippen molar-refractivity contribution in [1.29, 1.82) is 0 Å². The molecule has 1 unspecified atom stereocenters. The van der Waals surface area contributed by atoms with Crippen molar-refractivity contribution in [3.05, 3.63) is 52.2 Å². The van der Waals surface area contributed by atoms with Crippen LogP contribution in [-0.4, -0.2) is 26.0 Å². The summed E-state index contributed by atoms with van der Waals surface area (Å²) in [5, 5.41) is 4.85. The molecule has 0 spiro atoms. The monoisotopic (exact) mass is 373 g/mol. The van der Waals surface area contributed by atoms with Gasteiger partial charge in [0.05, 0.1) is 0 Å². The number of aliphatic imine (C=N–C) groups is 1. The molecule has 26 heavy (non-hydrogen) atoms. The van der Waals surface area contributed by atoms with E-state index in [0.717, 1.165) is 38.2 Å². The second kappa shape index (κ2) is 8.78. The maximum absolute atomic E-state index is 13.3. The first-order valence-electron chi connectivity index (χ1n) is 9.39. The fourth-order valence-corrected chi connectivity index (χ4v) is 4.61. The van der Waals surface area contributed by atoms with Gasteiger partial charge in [-0.2, -0.15) is 0 Å². The number of thiophene rings is 1. The van der Waals surface area contributed by atoms with E-state index < -0.39 is 0 Å². The molecule has 0 amide bonds. The zero-order valence-corrected chi connectivity index (χ0v) is 16.7. The van der Waals surface area contributed by atoms with Crippen LogP contribution in [0.25, 0.3) is 0 Å². The minimum atomic E-state index is -0.176. The Bertz CT molecular complexity index is 753. The summed E-state index contributed by atoms with van der Waals surface area (Å²) >= 11 is 1.91. The molecule has 1 aliphatic heterocycles. The van der Waals surface area contributed by atoms with E-state index in [-0.39, 0.29) is 11.9 Å². The van der Waals surface area contributed by atoms with E-state index in [4.69, 9.17) is 0 Å². The van der Waals surface area contributed by atoms with Crippen molar-refractivity contribution < 1.29 is 4.39 Å². The average molecular weight is 374 g/mol. The van der Waals surface area contributed by atoms with Gasteiger partial charge in [-0.3, -0.25) is 4.99 Å². The normalized spacial score (nSPS) is 14.7.